The topological polar surface area (TPSA) is 109 Å². The minimum atomic E-state index is -0.642. The third kappa shape index (κ3) is 5.45. The Labute approximate surface area is 223 Å². The third-order valence-corrected chi connectivity index (χ3v) is 7.76. The van der Waals surface area contributed by atoms with Gasteiger partial charge in [0, 0.05) is 31.4 Å². The van der Waals surface area contributed by atoms with Crippen LogP contribution in [0, 0.1) is 5.92 Å². The molecule has 0 bridgehead atoms. The van der Waals surface area contributed by atoms with Crippen molar-refractivity contribution in [2.45, 2.75) is 57.8 Å². The van der Waals surface area contributed by atoms with E-state index in [-0.39, 0.29) is 29.9 Å². The average molecular weight is 536 g/mol. The molecule has 5 rings (SSSR count). The first-order valence-corrected chi connectivity index (χ1v) is 13.7. The van der Waals surface area contributed by atoms with Gasteiger partial charge in [-0.2, -0.15) is 0 Å². The largest absolute Gasteiger partial charge is 0.391 e. The molecular formula is C28H34N5O4P. The first-order chi connectivity index (χ1) is 18.2. The van der Waals surface area contributed by atoms with Crippen molar-refractivity contribution >= 4 is 37.3 Å². The molecule has 2 aliphatic rings. The highest BCUT2D eigenvalue weighted by Crippen LogP contribution is 2.30. The highest BCUT2D eigenvalue weighted by molar-refractivity contribution is 7.42. The molecular weight excluding hydrogens is 501 g/mol. The molecule has 38 heavy (non-hydrogen) atoms. The Bertz CT molecular complexity index is 1490. The van der Waals surface area contributed by atoms with Crippen LogP contribution in [0.4, 0.5) is 10.5 Å². The smallest absolute Gasteiger partial charge is 0.331 e. The van der Waals surface area contributed by atoms with Gasteiger partial charge in [-0.1, -0.05) is 39.6 Å². The third-order valence-electron chi connectivity index (χ3n) is 7.28. The maximum absolute atomic E-state index is 13.3. The molecule has 2 amide bonds. The summed E-state index contributed by atoms with van der Waals surface area (Å²) in [6.45, 7) is 4.93. The normalized spacial score (nSPS) is 20.2. The number of urea groups is 1. The molecule has 2 heterocycles. The van der Waals surface area contributed by atoms with Crippen molar-refractivity contribution in [1.82, 2.24) is 14.0 Å². The number of nitrogens with zero attached hydrogens (tertiary/aromatic N) is 4. The standard InChI is InChI=1S/C28H34N5O4P/c1-17(2)33-23-11-10-20(14-21(23)26(35)32(28(33)37)15-18-8-9-18)29-27(36)31-13-12-24(34)22(16-31)30-25(38)19-6-4-3-5-7-19/h3-7,10-11,14,17-18,22,24,34H,8-9,12-13,15-16,38H2,1-2H3,(H,29,36)/t22-,24-/m0/s1. The SMILES string of the molecule is CC(C)n1c(=O)n(CC2CC2)c(=O)c2cc(NC(=O)N3CC[C@H](O)[C@@H](N=C(P)c4ccccc4)C3)ccc21. The van der Waals surface area contributed by atoms with Gasteiger partial charge in [0.2, 0.25) is 0 Å². The van der Waals surface area contributed by atoms with E-state index < -0.39 is 12.1 Å². The fourth-order valence-electron chi connectivity index (χ4n) is 4.97. The number of benzene rings is 2. The quantitative estimate of drug-likeness (QED) is 0.372. The second-order valence-corrected chi connectivity index (χ2v) is 11.1. The number of carbonyl (C=O) groups excluding carboxylic acids is 1. The number of aliphatic imine (C=N–C) groups is 1. The van der Waals surface area contributed by atoms with E-state index in [4.69, 9.17) is 0 Å². The molecule has 3 aromatic rings. The molecule has 1 aliphatic carbocycles. The molecule has 2 aromatic carbocycles. The van der Waals surface area contributed by atoms with Crippen LogP contribution >= 0.6 is 9.24 Å². The van der Waals surface area contributed by atoms with Crippen molar-refractivity contribution in [3.8, 4) is 0 Å². The number of rotatable bonds is 6. The van der Waals surface area contributed by atoms with Gasteiger partial charge in [-0.15, -0.1) is 0 Å². The van der Waals surface area contributed by atoms with E-state index in [1.54, 1.807) is 27.7 Å². The van der Waals surface area contributed by atoms with Crippen molar-refractivity contribution < 1.29 is 9.90 Å². The van der Waals surface area contributed by atoms with Crippen LogP contribution in [0.15, 0.2) is 63.1 Å². The summed E-state index contributed by atoms with van der Waals surface area (Å²) in [7, 11) is 2.61. The maximum Gasteiger partial charge on any atom is 0.331 e. The van der Waals surface area contributed by atoms with Gasteiger partial charge in [-0.3, -0.25) is 18.9 Å². The predicted molar refractivity (Wildman–Crippen MR) is 153 cm³/mol. The number of aromatic nitrogens is 2. The molecule has 2 N–H and O–H groups in total. The molecule has 0 radical (unpaired) electrons. The Hall–Kier alpha value is -3.29. The lowest BCUT2D eigenvalue weighted by Gasteiger charge is -2.34. The van der Waals surface area contributed by atoms with Crippen LogP contribution in [0.1, 0.15) is 44.7 Å². The van der Waals surface area contributed by atoms with E-state index in [9.17, 15) is 19.5 Å². The van der Waals surface area contributed by atoms with Gasteiger partial charge < -0.3 is 15.3 Å². The van der Waals surface area contributed by atoms with Crippen molar-refractivity contribution in [3.05, 3.63) is 74.9 Å². The van der Waals surface area contributed by atoms with Crippen LogP contribution < -0.4 is 16.6 Å². The lowest BCUT2D eigenvalue weighted by atomic mass is 10.0. The minimum Gasteiger partial charge on any atom is -0.391 e. The van der Waals surface area contributed by atoms with Gasteiger partial charge in [-0.25, -0.2) is 9.59 Å². The lowest BCUT2D eigenvalue weighted by molar-refractivity contribution is 0.0786. The fraction of sp³-hybridized carbons (Fsp3) is 0.429. The van der Waals surface area contributed by atoms with Crippen LogP contribution in [0.5, 0.6) is 0 Å². The molecule has 1 aliphatic heterocycles. The van der Waals surface area contributed by atoms with Gasteiger partial charge in [0.1, 0.15) is 0 Å². The number of carbonyl (C=O) groups is 1. The molecule has 9 nitrogen and oxygen atoms in total. The Balaban J connectivity index is 1.38. The number of nitrogens with one attached hydrogen (secondary N) is 1. The summed E-state index contributed by atoms with van der Waals surface area (Å²) in [5.41, 5.74) is 2.09. The second kappa shape index (κ2) is 10.8. The number of hydrogen-bond acceptors (Lipinski definition) is 5. The van der Waals surface area contributed by atoms with Crippen molar-refractivity contribution in [2.75, 3.05) is 18.4 Å². The van der Waals surface area contributed by atoms with Crippen LogP contribution in [0.3, 0.4) is 0 Å². The molecule has 1 saturated carbocycles. The first-order valence-electron chi connectivity index (χ1n) is 13.1. The van der Waals surface area contributed by atoms with Crippen molar-refractivity contribution in [1.29, 1.82) is 0 Å². The monoisotopic (exact) mass is 535 g/mol. The molecule has 3 atom stereocenters. The van der Waals surface area contributed by atoms with E-state index in [1.807, 2.05) is 44.2 Å². The van der Waals surface area contributed by atoms with Gasteiger partial charge in [0.25, 0.3) is 5.56 Å². The Morgan fingerprint density at radius 1 is 1.13 bits per heavy atom. The molecule has 200 valence electrons. The average Bonchev–Trinajstić information content (AvgIpc) is 3.73. The number of aliphatic hydroxyl groups excluding tert-OH is 1. The zero-order valence-electron chi connectivity index (χ0n) is 21.7. The molecule has 1 unspecified atom stereocenters. The van der Waals surface area contributed by atoms with Gasteiger partial charge >= 0.3 is 11.7 Å². The zero-order chi connectivity index (χ0) is 27.0. The van der Waals surface area contributed by atoms with E-state index >= 15 is 0 Å². The summed E-state index contributed by atoms with van der Waals surface area (Å²) < 4.78 is 2.99. The van der Waals surface area contributed by atoms with Crippen molar-refractivity contribution in [3.63, 3.8) is 0 Å². The summed E-state index contributed by atoms with van der Waals surface area (Å²) in [4.78, 5) is 45.9. The van der Waals surface area contributed by atoms with Crippen LogP contribution in [0.25, 0.3) is 10.9 Å². The molecule has 1 saturated heterocycles. The molecule has 2 fully saturated rings. The number of likely N-dealkylation sites (tertiary alicyclic amines) is 1. The predicted octanol–water partition coefficient (Wildman–Crippen LogP) is 3.44. The van der Waals surface area contributed by atoms with Gasteiger partial charge in [0.15, 0.2) is 0 Å². The molecule has 1 aromatic heterocycles. The van der Waals surface area contributed by atoms with E-state index in [0.29, 0.717) is 42.0 Å². The number of fused-ring (bicyclic) bond motifs is 1. The Morgan fingerprint density at radius 3 is 2.55 bits per heavy atom. The number of amides is 2. The number of anilines is 1. The summed E-state index contributed by atoms with van der Waals surface area (Å²) >= 11 is 0. The Morgan fingerprint density at radius 2 is 1.87 bits per heavy atom. The summed E-state index contributed by atoms with van der Waals surface area (Å²) in [6.07, 6.45) is 1.83. The molecule has 0 spiro atoms. The lowest BCUT2D eigenvalue weighted by Crippen LogP contribution is -2.49. The highest BCUT2D eigenvalue weighted by Gasteiger charge is 2.30. The number of hydrogen-bond donors (Lipinski definition) is 2. The van der Waals surface area contributed by atoms with Gasteiger partial charge in [-0.05, 0) is 62.8 Å². The Kier molecular flexibility index (Phi) is 7.50. The highest BCUT2D eigenvalue weighted by atomic mass is 31.0. The maximum atomic E-state index is 13.3. The number of aliphatic hydroxyl groups is 1. The van der Waals surface area contributed by atoms with Crippen LogP contribution in [-0.2, 0) is 6.54 Å². The zero-order valence-corrected chi connectivity index (χ0v) is 22.9. The summed E-state index contributed by atoms with van der Waals surface area (Å²) in [6, 6.07) is 13.9. The van der Waals surface area contributed by atoms with E-state index in [2.05, 4.69) is 19.5 Å². The van der Waals surface area contributed by atoms with Crippen LogP contribution in [0.2, 0.25) is 0 Å². The van der Waals surface area contributed by atoms with Crippen molar-refractivity contribution in [2.24, 2.45) is 10.9 Å². The number of piperidine rings is 1. The summed E-state index contributed by atoms with van der Waals surface area (Å²) in [5, 5.41) is 13.9. The first kappa shape index (κ1) is 26.3. The minimum absolute atomic E-state index is 0.119. The fourth-order valence-corrected chi connectivity index (χ4v) is 5.36. The summed E-state index contributed by atoms with van der Waals surface area (Å²) in [5.74, 6) is 0.371. The van der Waals surface area contributed by atoms with Crippen LogP contribution in [-0.4, -0.2) is 55.9 Å². The molecule has 10 heteroatoms. The van der Waals surface area contributed by atoms with E-state index in [0.717, 1.165) is 23.9 Å². The van der Waals surface area contributed by atoms with Gasteiger partial charge in [0.05, 0.1) is 28.5 Å². The second-order valence-electron chi connectivity index (χ2n) is 10.5. The van der Waals surface area contributed by atoms with E-state index in [1.165, 1.54) is 4.57 Å².